The molecular weight excluding hydrogens is 258 g/mol. The quantitative estimate of drug-likeness (QED) is 0.916. The summed E-state index contributed by atoms with van der Waals surface area (Å²) in [4.78, 5) is 25.3. The number of hydrogen-bond donors (Lipinski definition) is 1. The Labute approximate surface area is 117 Å². The van der Waals surface area contributed by atoms with Gasteiger partial charge in [0.05, 0.1) is 11.8 Å². The number of carbonyl (C=O) groups is 2. The zero-order valence-corrected chi connectivity index (χ0v) is 12.0. The Kier molecular flexibility index (Phi) is 2.71. The molecule has 1 amide bonds. The van der Waals surface area contributed by atoms with Crippen LogP contribution in [0.25, 0.3) is 0 Å². The molecule has 1 N–H and O–H groups in total. The van der Waals surface area contributed by atoms with Gasteiger partial charge in [-0.1, -0.05) is 13.8 Å². The first-order chi connectivity index (χ1) is 9.32. The number of fused-ring (bicyclic) bond motifs is 1. The van der Waals surface area contributed by atoms with Crippen LogP contribution in [0.1, 0.15) is 35.5 Å². The van der Waals surface area contributed by atoms with Crippen LogP contribution >= 0.6 is 0 Å². The molecule has 0 radical (unpaired) electrons. The molecule has 1 aliphatic heterocycles. The van der Waals surface area contributed by atoms with Crippen molar-refractivity contribution in [1.82, 2.24) is 4.90 Å². The first-order valence-electron chi connectivity index (χ1n) is 6.90. The summed E-state index contributed by atoms with van der Waals surface area (Å²) in [6.45, 7) is 7.80. The number of aliphatic carboxylic acids is 1. The molecule has 108 valence electrons. The van der Waals surface area contributed by atoms with E-state index in [-0.39, 0.29) is 18.1 Å². The van der Waals surface area contributed by atoms with Crippen LogP contribution in [-0.2, 0) is 11.2 Å². The molecule has 1 saturated heterocycles. The van der Waals surface area contributed by atoms with E-state index >= 15 is 0 Å². The normalized spacial score (nSPS) is 26.4. The summed E-state index contributed by atoms with van der Waals surface area (Å²) in [6.07, 6.45) is 1.22. The van der Waals surface area contributed by atoms with Gasteiger partial charge < -0.3 is 14.4 Å². The van der Waals surface area contributed by atoms with Gasteiger partial charge in [-0.15, -0.1) is 0 Å². The van der Waals surface area contributed by atoms with Crippen LogP contribution in [0.5, 0.6) is 0 Å². The number of carboxylic acid groups (broad SMARTS) is 1. The number of piperidine rings is 1. The van der Waals surface area contributed by atoms with E-state index in [0.29, 0.717) is 28.4 Å². The van der Waals surface area contributed by atoms with Gasteiger partial charge in [-0.3, -0.25) is 9.59 Å². The van der Waals surface area contributed by atoms with Crippen LogP contribution in [-0.4, -0.2) is 35.0 Å². The molecule has 5 nitrogen and oxygen atoms in total. The van der Waals surface area contributed by atoms with Crippen LogP contribution in [0, 0.1) is 24.2 Å². The van der Waals surface area contributed by atoms with Crippen LogP contribution < -0.4 is 0 Å². The molecule has 5 heteroatoms. The largest absolute Gasteiger partial charge is 0.481 e. The highest BCUT2D eigenvalue weighted by molar-refractivity contribution is 5.97. The van der Waals surface area contributed by atoms with Gasteiger partial charge in [-0.05, 0) is 24.2 Å². The lowest BCUT2D eigenvalue weighted by molar-refractivity contribution is -0.136. The number of nitrogens with zero attached hydrogens (tertiary/aromatic N) is 1. The van der Waals surface area contributed by atoms with Crippen molar-refractivity contribution in [3.8, 4) is 0 Å². The monoisotopic (exact) mass is 277 g/mol. The van der Waals surface area contributed by atoms with E-state index in [1.165, 1.54) is 6.26 Å². The highest BCUT2D eigenvalue weighted by Crippen LogP contribution is 2.62. The Morgan fingerprint density at radius 2 is 2.00 bits per heavy atom. The van der Waals surface area contributed by atoms with Crippen molar-refractivity contribution in [1.29, 1.82) is 0 Å². The van der Waals surface area contributed by atoms with E-state index in [1.54, 1.807) is 6.92 Å². The van der Waals surface area contributed by atoms with Gasteiger partial charge in [0.2, 0.25) is 0 Å². The number of rotatable bonds is 3. The second kappa shape index (κ2) is 4.11. The Morgan fingerprint density at radius 3 is 2.55 bits per heavy atom. The summed E-state index contributed by atoms with van der Waals surface area (Å²) in [6, 6.07) is 0. The maximum atomic E-state index is 12.6. The molecule has 0 bridgehead atoms. The van der Waals surface area contributed by atoms with Crippen LogP contribution in [0.2, 0.25) is 0 Å². The van der Waals surface area contributed by atoms with Crippen molar-refractivity contribution in [2.45, 2.75) is 27.2 Å². The second-order valence-corrected chi connectivity index (χ2v) is 6.53. The van der Waals surface area contributed by atoms with Crippen molar-refractivity contribution in [2.75, 3.05) is 13.1 Å². The molecule has 2 fully saturated rings. The third-order valence-corrected chi connectivity index (χ3v) is 4.99. The van der Waals surface area contributed by atoms with Crippen molar-refractivity contribution in [2.24, 2.45) is 17.3 Å². The third-order valence-electron chi connectivity index (χ3n) is 4.99. The van der Waals surface area contributed by atoms with Gasteiger partial charge in [-0.2, -0.15) is 0 Å². The van der Waals surface area contributed by atoms with E-state index in [4.69, 9.17) is 9.52 Å². The van der Waals surface area contributed by atoms with Crippen LogP contribution in [0.15, 0.2) is 10.7 Å². The summed E-state index contributed by atoms with van der Waals surface area (Å²) in [5.41, 5.74) is 1.50. The summed E-state index contributed by atoms with van der Waals surface area (Å²) in [5.74, 6) is 0.359. The molecule has 3 rings (SSSR count). The summed E-state index contributed by atoms with van der Waals surface area (Å²) in [5, 5.41) is 8.88. The minimum atomic E-state index is -0.987. The molecule has 1 aromatic heterocycles. The van der Waals surface area contributed by atoms with E-state index in [1.807, 2.05) is 4.90 Å². The first-order valence-corrected chi connectivity index (χ1v) is 6.90. The molecule has 2 aliphatic rings. The first kappa shape index (κ1) is 13.2. The average Bonchev–Trinajstić information content (AvgIpc) is 2.79. The van der Waals surface area contributed by atoms with Gasteiger partial charge in [-0.25, -0.2) is 0 Å². The van der Waals surface area contributed by atoms with Crippen molar-refractivity contribution in [3.63, 3.8) is 0 Å². The minimum absolute atomic E-state index is 0.0875. The molecular formula is C15H19NO4. The fourth-order valence-corrected chi connectivity index (χ4v) is 3.51. The number of aryl methyl sites for hydroxylation is 1. The second-order valence-electron chi connectivity index (χ2n) is 6.53. The summed E-state index contributed by atoms with van der Waals surface area (Å²) >= 11 is 0. The van der Waals surface area contributed by atoms with Gasteiger partial charge in [0, 0.05) is 18.7 Å². The Balaban J connectivity index is 1.79. The van der Waals surface area contributed by atoms with Crippen molar-refractivity contribution < 1.29 is 19.1 Å². The topological polar surface area (TPSA) is 70.7 Å². The summed E-state index contributed by atoms with van der Waals surface area (Å²) in [7, 11) is 0. The van der Waals surface area contributed by atoms with Crippen LogP contribution in [0.4, 0.5) is 0 Å². The van der Waals surface area contributed by atoms with Gasteiger partial charge in [0.15, 0.2) is 0 Å². The average molecular weight is 277 g/mol. The highest BCUT2D eigenvalue weighted by Gasteiger charge is 2.62. The van der Waals surface area contributed by atoms with E-state index in [9.17, 15) is 9.59 Å². The predicted molar refractivity (Wildman–Crippen MR) is 71.4 cm³/mol. The standard InChI is InChI=1S/C15H19NO4/c1-8-7-20-11(4-12(17)18)13(8)14(19)16-5-9-10(6-16)15(9,2)3/h7,9-10H,4-6H2,1-3H3,(H,17,18). The fourth-order valence-electron chi connectivity index (χ4n) is 3.51. The number of amides is 1. The van der Waals surface area contributed by atoms with Gasteiger partial charge >= 0.3 is 5.97 Å². The Bertz CT molecular complexity index is 573. The van der Waals surface area contributed by atoms with Gasteiger partial charge in [0.25, 0.3) is 5.91 Å². The predicted octanol–water partition coefficient (Wildman–Crippen LogP) is 1.94. The van der Waals surface area contributed by atoms with Crippen LogP contribution in [0.3, 0.4) is 0 Å². The molecule has 1 aromatic rings. The molecule has 2 unspecified atom stereocenters. The van der Waals surface area contributed by atoms with Crippen molar-refractivity contribution in [3.05, 3.63) is 23.2 Å². The number of likely N-dealkylation sites (tertiary alicyclic amines) is 1. The lowest BCUT2D eigenvalue weighted by Crippen LogP contribution is -2.33. The SMILES string of the molecule is Cc1coc(CC(=O)O)c1C(=O)N1CC2C(C1)C2(C)C. The minimum Gasteiger partial charge on any atom is -0.481 e. The molecule has 2 atom stereocenters. The number of furan rings is 1. The Hall–Kier alpha value is -1.78. The maximum Gasteiger partial charge on any atom is 0.311 e. The smallest absolute Gasteiger partial charge is 0.311 e. The molecule has 1 saturated carbocycles. The lowest BCUT2D eigenvalue weighted by Gasteiger charge is -2.22. The molecule has 20 heavy (non-hydrogen) atoms. The van der Waals surface area contributed by atoms with E-state index in [0.717, 1.165) is 13.1 Å². The molecule has 2 heterocycles. The summed E-state index contributed by atoms with van der Waals surface area (Å²) < 4.78 is 5.24. The van der Waals surface area contributed by atoms with Crippen molar-refractivity contribution >= 4 is 11.9 Å². The number of carboxylic acids is 1. The number of carbonyl (C=O) groups excluding carboxylic acids is 1. The lowest BCUT2D eigenvalue weighted by atomic mass is 10.0. The third kappa shape index (κ3) is 1.84. The molecule has 0 aromatic carbocycles. The zero-order valence-electron chi connectivity index (χ0n) is 12.0. The zero-order chi connectivity index (χ0) is 14.7. The van der Waals surface area contributed by atoms with E-state index in [2.05, 4.69) is 13.8 Å². The van der Waals surface area contributed by atoms with E-state index < -0.39 is 5.97 Å². The highest BCUT2D eigenvalue weighted by atomic mass is 16.4. The maximum absolute atomic E-state index is 12.6. The molecule has 1 aliphatic carbocycles. The number of hydrogen-bond acceptors (Lipinski definition) is 3. The van der Waals surface area contributed by atoms with Gasteiger partial charge in [0.1, 0.15) is 12.2 Å². The molecule has 0 spiro atoms. The Morgan fingerprint density at radius 1 is 1.40 bits per heavy atom. The fraction of sp³-hybridized carbons (Fsp3) is 0.600.